The summed E-state index contributed by atoms with van der Waals surface area (Å²) >= 11 is 2.94. The molecule has 1 aromatic carbocycles. The summed E-state index contributed by atoms with van der Waals surface area (Å²) in [4.78, 5) is 22.3. The van der Waals surface area contributed by atoms with Gasteiger partial charge in [-0.05, 0) is 28.4 Å². The predicted octanol–water partition coefficient (Wildman–Crippen LogP) is 2.80. The molecule has 0 heterocycles. The fourth-order valence-corrected chi connectivity index (χ4v) is 1.97. The number of halogens is 2. The van der Waals surface area contributed by atoms with Crippen LogP contribution in [0, 0.1) is 15.9 Å². The number of aliphatic carboxylic acids is 1. The van der Waals surface area contributed by atoms with Crippen LogP contribution < -0.4 is 4.90 Å². The number of carboxylic acid groups (broad SMARTS) is 1. The molecule has 0 atom stereocenters. The molecule has 8 heteroatoms. The molecular formula is C11H12BrFN2O4. The third kappa shape index (κ3) is 3.88. The maximum Gasteiger partial charge on any atom is 0.323 e. The molecule has 0 saturated heterocycles. The van der Waals surface area contributed by atoms with E-state index in [9.17, 15) is 19.3 Å². The lowest BCUT2D eigenvalue weighted by Gasteiger charge is -2.22. The number of anilines is 1. The van der Waals surface area contributed by atoms with Crippen LogP contribution in [0.5, 0.6) is 0 Å². The second kappa shape index (κ2) is 6.46. The maximum absolute atomic E-state index is 13.3. The minimum Gasteiger partial charge on any atom is -0.480 e. The molecule has 6 nitrogen and oxygen atoms in total. The first-order chi connectivity index (χ1) is 8.86. The number of nitrogens with zero attached hydrogens (tertiary/aromatic N) is 2. The van der Waals surface area contributed by atoms with E-state index in [2.05, 4.69) is 15.9 Å². The topological polar surface area (TPSA) is 83.7 Å². The number of nitro benzene ring substituents is 1. The third-order valence-electron chi connectivity index (χ3n) is 2.37. The minimum atomic E-state index is -1.11. The van der Waals surface area contributed by atoms with Crippen LogP contribution in [0.4, 0.5) is 15.8 Å². The van der Waals surface area contributed by atoms with Crippen molar-refractivity contribution in [2.75, 3.05) is 18.0 Å². The number of hydrogen-bond acceptors (Lipinski definition) is 4. The van der Waals surface area contributed by atoms with E-state index in [0.29, 0.717) is 13.0 Å². The zero-order valence-electron chi connectivity index (χ0n) is 10.1. The van der Waals surface area contributed by atoms with E-state index in [1.807, 2.05) is 6.92 Å². The SMILES string of the molecule is CCCN(CC(=O)O)c1cc(Br)c(F)cc1[N+](=O)[O-]. The molecule has 0 aromatic heterocycles. The average molecular weight is 335 g/mol. The van der Waals surface area contributed by atoms with Crippen molar-refractivity contribution in [3.8, 4) is 0 Å². The Bertz CT molecular complexity index is 510. The molecule has 1 aromatic rings. The van der Waals surface area contributed by atoms with Gasteiger partial charge in [-0.2, -0.15) is 0 Å². The van der Waals surface area contributed by atoms with E-state index in [1.165, 1.54) is 11.0 Å². The molecule has 1 N–H and O–H groups in total. The Morgan fingerprint density at radius 2 is 2.21 bits per heavy atom. The molecule has 0 amide bonds. The predicted molar refractivity (Wildman–Crippen MR) is 70.9 cm³/mol. The molecule has 1 rings (SSSR count). The summed E-state index contributed by atoms with van der Waals surface area (Å²) in [5.74, 6) is -1.87. The zero-order chi connectivity index (χ0) is 14.6. The summed E-state index contributed by atoms with van der Waals surface area (Å²) in [6, 6.07) is 2.01. The van der Waals surface area contributed by atoms with Crippen LogP contribution in [-0.2, 0) is 4.79 Å². The van der Waals surface area contributed by atoms with Crippen LogP contribution in [0.15, 0.2) is 16.6 Å². The summed E-state index contributed by atoms with van der Waals surface area (Å²) in [6.07, 6.45) is 0.611. The van der Waals surface area contributed by atoms with Crippen LogP contribution in [0.3, 0.4) is 0 Å². The monoisotopic (exact) mass is 334 g/mol. The Morgan fingerprint density at radius 1 is 1.58 bits per heavy atom. The van der Waals surface area contributed by atoms with Gasteiger partial charge in [0.25, 0.3) is 5.69 Å². The molecule has 0 unspecified atom stereocenters. The highest BCUT2D eigenvalue weighted by molar-refractivity contribution is 9.10. The van der Waals surface area contributed by atoms with Crippen molar-refractivity contribution >= 4 is 33.3 Å². The van der Waals surface area contributed by atoms with Crippen molar-refractivity contribution in [2.45, 2.75) is 13.3 Å². The van der Waals surface area contributed by atoms with E-state index in [4.69, 9.17) is 5.11 Å². The first kappa shape index (κ1) is 15.4. The summed E-state index contributed by atoms with van der Waals surface area (Å²) < 4.78 is 13.4. The van der Waals surface area contributed by atoms with Gasteiger partial charge in [0.05, 0.1) is 15.5 Å². The lowest BCUT2D eigenvalue weighted by Crippen LogP contribution is -2.31. The van der Waals surface area contributed by atoms with Gasteiger partial charge in [-0.25, -0.2) is 4.39 Å². The Morgan fingerprint density at radius 3 is 2.68 bits per heavy atom. The number of rotatable bonds is 6. The highest BCUT2D eigenvalue weighted by Gasteiger charge is 2.23. The van der Waals surface area contributed by atoms with Gasteiger partial charge in [0.15, 0.2) is 0 Å². The second-order valence-electron chi connectivity index (χ2n) is 3.83. The summed E-state index contributed by atoms with van der Waals surface area (Å²) in [6.45, 7) is 1.76. The average Bonchev–Trinajstić information content (AvgIpc) is 2.30. The quantitative estimate of drug-likeness (QED) is 0.638. The molecule has 19 heavy (non-hydrogen) atoms. The standard InChI is InChI=1S/C11H12BrFN2O4/c1-2-3-14(6-11(16)17)9-4-7(12)8(13)5-10(9)15(18)19/h4-5H,2-3,6H2,1H3,(H,16,17). The van der Waals surface area contributed by atoms with Gasteiger partial charge < -0.3 is 10.0 Å². The van der Waals surface area contributed by atoms with E-state index in [-0.39, 0.29) is 16.7 Å². The van der Waals surface area contributed by atoms with Crippen molar-refractivity contribution in [3.05, 3.63) is 32.5 Å². The van der Waals surface area contributed by atoms with E-state index >= 15 is 0 Å². The lowest BCUT2D eigenvalue weighted by molar-refractivity contribution is -0.384. The summed E-state index contributed by atoms with van der Waals surface area (Å²) in [7, 11) is 0. The fourth-order valence-electron chi connectivity index (χ4n) is 1.64. The van der Waals surface area contributed by atoms with Gasteiger partial charge in [0.1, 0.15) is 18.0 Å². The second-order valence-corrected chi connectivity index (χ2v) is 4.68. The van der Waals surface area contributed by atoms with Crippen molar-refractivity contribution in [1.29, 1.82) is 0 Å². The molecule has 0 fully saturated rings. The van der Waals surface area contributed by atoms with Crippen LogP contribution in [0.1, 0.15) is 13.3 Å². The highest BCUT2D eigenvalue weighted by Crippen LogP contribution is 2.33. The van der Waals surface area contributed by atoms with E-state index < -0.39 is 22.4 Å². The van der Waals surface area contributed by atoms with Gasteiger partial charge in [-0.3, -0.25) is 14.9 Å². The third-order valence-corrected chi connectivity index (χ3v) is 2.98. The van der Waals surface area contributed by atoms with Crippen molar-refractivity contribution in [3.63, 3.8) is 0 Å². The minimum absolute atomic E-state index is 0.0552. The van der Waals surface area contributed by atoms with Crippen LogP contribution >= 0.6 is 15.9 Å². The normalized spacial score (nSPS) is 10.3. The van der Waals surface area contributed by atoms with Crippen molar-refractivity contribution in [1.82, 2.24) is 0 Å². The Balaban J connectivity index is 3.30. The largest absolute Gasteiger partial charge is 0.480 e. The first-order valence-corrected chi connectivity index (χ1v) is 6.26. The van der Waals surface area contributed by atoms with Crippen molar-refractivity contribution in [2.24, 2.45) is 0 Å². The van der Waals surface area contributed by atoms with Gasteiger partial charge in [-0.15, -0.1) is 0 Å². The smallest absolute Gasteiger partial charge is 0.323 e. The number of carboxylic acids is 1. The molecule has 0 aliphatic rings. The fraction of sp³-hybridized carbons (Fsp3) is 0.364. The molecule has 0 radical (unpaired) electrons. The lowest BCUT2D eigenvalue weighted by atomic mass is 10.2. The molecular weight excluding hydrogens is 323 g/mol. The number of carbonyl (C=O) groups is 1. The maximum atomic E-state index is 13.3. The van der Waals surface area contributed by atoms with E-state index in [0.717, 1.165) is 6.07 Å². The van der Waals surface area contributed by atoms with Gasteiger partial charge in [-0.1, -0.05) is 6.92 Å². The van der Waals surface area contributed by atoms with Gasteiger partial charge >= 0.3 is 5.97 Å². The van der Waals surface area contributed by atoms with Crippen LogP contribution in [0.25, 0.3) is 0 Å². The first-order valence-electron chi connectivity index (χ1n) is 5.47. The molecule has 104 valence electrons. The Kier molecular flexibility index (Phi) is 5.22. The molecule has 0 aliphatic heterocycles. The number of benzene rings is 1. The summed E-state index contributed by atoms with van der Waals surface area (Å²) in [5.41, 5.74) is -0.363. The number of nitro groups is 1. The Labute approximate surface area is 117 Å². The zero-order valence-corrected chi connectivity index (χ0v) is 11.7. The van der Waals surface area contributed by atoms with E-state index in [1.54, 1.807) is 0 Å². The van der Waals surface area contributed by atoms with Crippen LogP contribution in [0.2, 0.25) is 0 Å². The van der Waals surface area contributed by atoms with Crippen molar-refractivity contribution < 1.29 is 19.2 Å². The molecule has 0 spiro atoms. The Hall–Kier alpha value is -1.70. The van der Waals surface area contributed by atoms with Gasteiger partial charge in [0, 0.05) is 6.54 Å². The number of hydrogen-bond donors (Lipinski definition) is 1. The molecule has 0 bridgehead atoms. The van der Waals surface area contributed by atoms with Crippen LogP contribution in [-0.4, -0.2) is 29.1 Å². The molecule has 0 aliphatic carbocycles. The molecule has 0 saturated carbocycles. The summed E-state index contributed by atoms with van der Waals surface area (Å²) in [5, 5.41) is 19.8. The van der Waals surface area contributed by atoms with Gasteiger partial charge in [0.2, 0.25) is 0 Å². The highest BCUT2D eigenvalue weighted by atomic mass is 79.9.